The largest absolute Gasteiger partial charge is 0.0928 e. The van der Waals surface area contributed by atoms with E-state index in [1.54, 1.807) is 0 Å². The van der Waals surface area contributed by atoms with Crippen LogP contribution in [0.1, 0.15) is 33.1 Å². The lowest BCUT2D eigenvalue weighted by atomic mass is 10.1. The third kappa shape index (κ3) is 1.96. The number of rotatable bonds is 3. The van der Waals surface area contributed by atoms with Gasteiger partial charge in [-0.1, -0.05) is 29.8 Å². The van der Waals surface area contributed by atoms with Crippen molar-refractivity contribution in [3.05, 3.63) is 0 Å². The number of hydrogen-bond acceptors (Lipinski definition) is 0. The number of hydrogen-bond donors (Lipinski definition) is 0. The standard InChI is InChI=1S/C8H15Br/c1-8(2)6-7(8)4-3-5-9/h7H,3-6H2,1-2H3/t7-/m1/s1. The Labute approximate surface area is 66.2 Å². The summed E-state index contributed by atoms with van der Waals surface area (Å²) >= 11 is 3.44. The second-order valence-electron chi connectivity index (χ2n) is 3.72. The molecule has 0 aromatic carbocycles. The molecule has 1 aliphatic rings. The van der Waals surface area contributed by atoms with Crippen LogP contribution in [0.15, 0.2) is 0 Å². The molecule has 1 atom stereocenters. The van der Waals surface area contributed by atoms with Crippen LogP contribution in [0.4, 0.5) is 0 Å². The van der Waals surface area contributed by atoms with Gasteiger partial charge in [-0.05, 0) is 30.6 Å². The Kier molecular flexibility index (Phi) is 2.20. The van der Waals surface area contributed by atoms with Gasteiger partial charge in [-0.15, -0.1) is 0 Å². The monoisotopic (exact) mass is 190 g/mol. The topological polar surface area (TPSA) is 0 Å². The molecule has 1 heteroatoms. The van der Waals surface area contributed by atoms with E-state index >= 15 is 0 Å². The van der Waals surface area contributed by atoms with Gasteiger partial charge in [0.2, 0.25) is 0 Å². The SMILES string of the molecule is CC1(C)C[C@H]1CCCBr. The molecule has 0 aliphatic heterocycles. The molecule has 0 N–H and O–H groups in total. The Bertz CT molecular complexity index is 96.7. The molecule has 1 rings (SSSR count). The zero-order valence-corrected chi connectivity index (χ0v) is 7.87. The molecule has 0 heterocycles. The van der Waals surface area contributed by atoms with Crippen molar-refractivity contribution in [2.45, 2.75) is 33.1 Å². The van der Waals surface area contributed by atoms with E-state index in [-0.39, 0.29) is 0 Å². The lowest BCUT2D eigenvalue weighted by Crippen LogP contribution is -1.89. The van der Waals surface area contributed by atoms with Gasteiger partial charge in [-0.25, -0.2) is 0 Å². The van der Waals surface area contributed by atoms with Crippen molar-refractivity contribution >= 4 is 15.9 Å². The molecule has 0 aromatic rings. The Morgan fingerprint density at radius 2 is 2.11 bits per heavy atom. The molecule has 0 aromatic heterocycles. The molecule has 0 unspecified atom stereocenters. The summed E-state index contributed by atoms with van der Waals surface area (Å²) in [6.07, 6.45) is 4.24. The van der Waals surface area contributed by atoms with Crippen LogP contribution in [-0.4, -0.2) is 5.33 Å². The molecule has 0 radical (unpaired) electrons. The van der Waals surface area contributed by atoms with E-state index in [1.165, 1.54) is 24.6 Å². The highest BCUT2D eigenvalue weighted by Crippen LogP contribution is 2.53. The fourth-order valence-electron chi connectivity index (χ4n) is 1.39. The third-order valence-corrected chi connectivity index (χ3v) is 2.96. The third-order valence-electron chi connectivity index (χ3n) is 2.40. The van der Waals surface area contributed by atoms with Crippen LogP contribution >= 0.6 is 15.9 Å². The zero-order valence-electron chi connectivity index (χ0n) is 6.28. The summed E-state index contributed by atoms with van der Waals surface area (Å²) in [5.41, 5.74) is 0.697. The van der Waals surface area contributed by atoms with E-state index in [2.05, 4.69) is 29.8 Å². The van der Waals surface area contributed by atoms with Crippen LogP contribution in [-0.2, 0) is 0 Å². The number of alkyl halides is 1. The van der Waals surface area contributed by atoms with Crippen LogP contribution in [0.3, 0.4) is 0 Å². The second kappa shape index (κ2) is 2.61. The molecule has 54 valence electrons. The lowest BCUT2D eigenvalue weighted by molar-refractivity contribution is 0.530. The Hall–Kier alpha value is 0.480. The molecule has 0 amide bonds. The first-order chi connectivity index (χ1) is 4.17. The molecule has 1 aliphatic carbocycles. The van der Waals surface area contributed by atoms with E-state index in [4.69, 9.17) is 0 Å². The quantitative estimate of drug-likeness (QED) is 0.601. The molecule has 1 fully saturated rings. The van der Waals surface area contributed by atoms with Crippen molar-refractivity contribution in [1.82, 2.24) is 0 Å². The maximum Gasteiger partial charge on any atom is 0.00314 e. The first-order valence-corrected chi connectivity index (χ1v) is 4.85. The lowest BCUT2D eigenvalue weighted by Gasteiger charge is -1.99. The van der Waals surface area contributed by atoms with Crippen molar-refractivity contribution in [3.63, 3.8) is 0 Å². The van der Waals surface area contributed by atoms with Crippen molar-refractivity contribution in [3.8, 4) is 0 Å². The minimum absolute atomic E-state index is 0.697. The van der Waals surface area contributed by atoms with E-state index in [1.807, 2.05) is 0 Å². The molecule has 0 saturated heterocycles. The predicted molar refractivity (Wildman–Crippen MR) is 44.9 cm³/mol. The summed E-state index contributed by atoms with van der Waals surface area (Å²) in [7, 11) is 0. The predicted octanol–water partition coefficient (Wildman–Crippen LogP) is 3.21. The fraction of sp³-hybridized carbons (Fsp3) is 1.00. The smallest absolute Gasteiger partial charge is 0.00314 e. The molecule has 9 heavy (non-hydrogen) atoms. The van der Waals surface area contributed by atoms with Crippen LogP contribution < -0.4 is 0 Å². The summed E-state index contributed by atoms with van der Waals surface area (Å²) in [6.45, 7) is 4.73. The summed E-state index contributed by atoms with van der Waals surface area (Å²) in [4.78, 5) is 0. The highest BCUT2D eigenvalue weighted by atomic mass is 79.9. The Morgan fingerprint density at radius 3 is 2.44 bits per heavy atom. The highest BCUT2D eigenvalue weighted by molar-refractivity contribution is 9.09. The minimum atomic E-state index is 0.697. The first kappa shape index (κ1) is 7.59. The maximum atomic E-state index is 3.44. The van der Waals surface area contributed by atoms with Crippen molar-refractivity contribution in [1.29, 1.82) is 0 Å². The Balaban J connectivity index is 2.06. The summed E-state index contributed by atoms with van der Waals surface area (Å²) in [5, 5.41) is 1.18. The van der Waals surface area contributed by atoms with Gasteiger partial charge in [-0.3, -0.25) is 0 Å². The molecule has 0 spiro atoms. The van der Waals surface area contributed by atoms with Gasteiger partial charge < -0.3 is 0 Å². The molecule has 0 bridgehead atoms. The normalized spacial score (nSPS) is 30.3. The van der Waals surface area contributed by atoms with Crippen LogP contribution in [0.5, 0.6) is 0 Å². The van der Waals surface area contributed by atoms with E-state index < -0.39 is 0 Å². The van der Waals surface area contributed by atoms with Crippen molar-refractivity contribution < 1.29 is 0 Å². The first-order valence-electron chi connectivity index (χ1n) is 3.73. The van der Waals surface area contributed by atoms with Gasteiger partial charge >= 0.3 is 0 Å². The van der Waals surface area contributed by atoms with Gasteiger partial charge in [0.15, 0.2) is 0 Å². The van der Waals surface area contributed by atoms with Gasteiger partial charge in [-0.2, -0.15) is 0 Å². The van der Waals surface area contributed by atoms with E-state index in [9.17, 15) is 0 Å². The van der Waals surface area contributed by atoms with Gasteiger partial charge in [0.05, 0.1) is 0 Å². The second-order valence-corrected chi connectivity index (χ2v) is 4.51. The summed E-state index contributed by atoms with van der Waals surface area (Å²) in [6, 6.07) is 0. The summed E-state index contributed by atoms with van der Waals surface area (Å²) in [5.74, 6) is 1.04. The van der Waals surface area contributed by atoms with Crippen molar-refractivity contribution in [2.75, 3.05) is 5.33 Å². The number of halogens is 1. The van der Waals surface area contributed by atoms with E-state index in [0.29, 0.717) is 5.41 Å². The zero-order chi connectivity index (χ0) is 6.91. The average molecular weight is 191 g/mol. The van der Waals surface area contributed by atoms with Crippen LogP contribution in [0, 0.1) is 11.3 Å². The van der Waals surface area contributed by atoms with Crippen LogP contribution in [0.25, 0.3) is 0 Å². The Morgan fingerprint density at radius 1 is 1.56 bits per heavy atom. The highest BCUT2D eigenvalue weighted by Gasteiger charge is 2.44. The van der Waals surface area contributed by atoms with Gasteiger partial charge in [0.1, 0.15) is 0 Å². The average Bonchev–Trinajstić information content (AvgIpc) is 2.35. The van der Waals surface area contributed by atoms with Crippen molar-refractivity contribution in [2.24, 2.45) is 11.3 Å². The van der Waals surface area contributed by atoms with Crippen LogP contribution in [0.2, 0.25) is 0 Å². The molecular weight excluding hydrogens is 176 g/mol. The van der Waals surface area contributed by atoms with Gasteiger partial charge in [0, 0.05) is 5.33 Å². The molecule has 0 nitrogen and oxygen atoms in total. The fourth-order valence-corrected chi connectivity index (χ4v) is 1.72. The minimum Gasteiger partial charge on any atom is -0.0928 e. The maximum absolute atomic E-state index is 3.44. The summed E-state index contributed by atoms with van der Waals surface area (Å²) < 4.78 is 0. The molecular formula is C8H15Br. The van der Waals surface area contributed by atoms with Gasteiger partial charge in [0.25, 0.3) is 0 Å². The van der Waals surface area contributed by atoms with E-state index in [0.717, 1.165) is 5.92 Å². The molecule has 1 saturated carbocycles.